The van der Waals surface area contributed by atoms with E-state index in [4.69, 9.17) is 14.9 Å². The second-order valence-electron chi connectivity index (χ2n) is 3.09. The van der Waals surface area contributed by atoms with E-state index in [0.717, 1.165) is 4.90 Å². The monoisotopic (exact) mass is 189 g/mol. The van der Waals surface area contributed by atoms with Gasteiger partial charge in [0.25, 0.3) is 0 Å². The lowest BCUT2D eigenvalue weighted by Gasteiger charge is -2.35. The Kier molecular flexibility index (Phi) is 2.42. The van der Waals surface area contributed by atoms with Crippen molar-refractivity contribution in [1.82, 2.24) is 4.90 Å². The molecule has 1 aliphatic rings. The summed E-state index contributed by atoms with van der Waals surface area (Å²) in [4.78, 5) is 22.3. The number of aliphatic carboxylic acids is 1. The first-order valence-corrected chi connectivity index (χ1v) is 3.81. The van der Waals surface area contributed by atoms with E-state index in [9.17, 15) is 9.59 Å². The number of nitrogens with zero attached hydrogens (tertiary/aromatic N) is 1. The molecule has 1 unspecified atom stereocenters. The molecule has 6 nitrogen and oxygen atoms in total. The van der Waals surface area contributed by atoms with Crippen molar-refractivity contribution in [2.24, 2.45) is 0 Å². The number of carboxylic acids is 1. The first kappa shape index (κ1) is 9.79. The van der Waals surface area contributed by atoms with E-state index < -0.39 is 17.7 Å². The Morgan fingerprint density at radius 3 is 2.54 bits per heavy atom. The average Bonchev–Trinajstić information content (AvgIpc) is 2.04. The lowest BCUT2D eigenvalue weighted by Crippen LogP contribution is -2.55. The van der Waals surface area contributed by atoms with Gasteiger partial charge in [0.1, 0.15) is 0 Å². The Morgan fingerprint density at radius 2 is 2.08 bits per heavy atom. The number of morpholine rings is 1. The van der Waals surface area contributed by atoms with Crippen molar-refractivity contribution in [3.05, 3.63) is 0 Å². The van der Waals surface area contributed by atoms with Crippen LogP contribution in [0.2, 0.25) is 0 Å². The van der Waals surface area contributed by atoms with Crippen LogP contribution in [0.25, 0.3) is 0 Å². The molecule has 1 atom stereocenters. The maximum atomic E-state index is 10.7. The van der Waals surface area contributed by atoms with Gasteiger partial charge in [0, 0.05) is 6.54 Å². The Morgan fingerprint density at radius 1 is 1.46 bits per heavy atom. The molecule has 1 heterocycles. The number of hydrogen-bond acceptors (Lipinski definition) is 3. The normalized spacial score (nSPS) is 28.5. The Hall–Kier alpha value is -1.30. The van der Waals surface area contributed by atoms with E-state index in [1.54, 1.807) is 0 Å². The molecule has 1 aliphatic heterocycles. The number of hydrogen-bond donors (Lipinski definition) is 2. The van der Waals surface area contributed by atoms with Crippen LogP contribution in [-0.2, 0) is 9.53 Å². The van der Waals surface area contributed by atoms with Crippen LogP contribution < -0.4 is 0 Å². The van der Waals surface area contributed by atoms with Gasteiger partial charge in [0.05, 0.1) is 13.2 Å². The summed E-state index contributed by atoms with van der Waals surface area (Å²) in [5.41, 5.74) is -1.41. The minimum absolute atomic E-state index is 0.120. The fraction of sp³-hybridized carbons (Fsp3) is 0.714. The minimum Gasteiger partial charge on any atom is -0.479 e. The zero-order valence-electron chi connectivity index (χ0n) is 7.19. The molecule has 0 spiro atoms. The summed E-state index contributed by atoms with van der Waals surface area (Å²) in [7, 11) is 0. The third kappa shape index (κ3) is 1.89. The van der Waals surface area contributed by atoms with Crippen LogP contribution in [0.1, 0.15) is 6.92 Å². The molecule has 6 heteroatoms. The smallest absolute Gasteiger partial charge is 0.407 e. The van der Waals surface area contributed by atoms with Gasteiger partial charge in [-0.05, 0) is 6.92 Å². The second kappa shape index (κ2) is 3.21. The molecular weight excluding hydrogens is 178 g/mol. The van der Waals surface area contributed by atoms with Gasteiger partial charge in [-0.2, -0.15) is 0 Å². The molecule has 1 fully saturated rings. The zero-order chi connectivity index (χ0) is 10.1. The lowest BCUT2D eigenvalue weighted by molar-refractivity contribution is -0.172. The summed E-state index contributed by atoms with van der Waals surface area (Å²) in [6.07, 6.45) is -1.12. The Labute approximate surface area is 74.7 Å². The number of ether oxygens (including phenoxy) is 1. The van der Waals surface area contributed by atoms with Gasteiger partial charge < -0.3 is 19.8 Å². The Balaban J connectivity index is 2.71. The molecule has 1 saturated heterocycles. The van der Waals surface area contributed by atoms with Crippen LogP contribution in [0.15, 0.2) is 0 Å². The maximum Gasteiger partial charge on any atom is 0.407 e. The number of carboxylic acid groups (broad SMARTS) is 2. The van der Waals surface area contributed by atoms with Crippen LogP contribution in [0.3, 0.4) is 0 Å². The first-order chi connectivity index (χ1) is 5.96. The van der Waals surface area contributed by atoms with Crippen molar-refractivity contribution in [1.29, 1.82) is 0 Å². The third-order valence-corrected chi connectivity index (χ3v) is 2.00. The summed E-state index contributed by atoms with van der Waals surface area (Å²) in [6, 6.07) is 0. The van der Waals surface area contributed by atoms with Gasteiger partial charge in [0.15, 0.2) is 5.60 Å². The summed E-state index contributed by atoms with van der Waals surface area (Å²) in [6.45, 7) is 1.58. The second-order valence-corrected chi connectivity index (χ2v) is 3.09. The predicted molar refractivity (Wildman–Crippen MR) is 41.6 cm³/mol. The first-order valence-electron chi connectivity index (χ1n) is 3.81. The molecular formula is C7H11NO5. The van der Waals surface area contributed by atoms with Crippen LogP contribution in [-0.4, -0.2) is 52.5 Å². The maximum absolute atomic E-state index is 10.7. The van der Waals surface area contributed by atoms with Crippen LogP contribution in [0, 0.1) is 0 Å². The highest BCUT2D eigenvalue weighted by Gasteiger charge is 2.40. The summed E-state index contributed by atoms with van der Waals surface area (Å²) in [5.74, 6) is -1.14. The topological polar surface area (TPSA) is 87.1 Å². The Bertz CT molecular complexity index is 241. The van der Waals surface area contributed by atoms with E-state index in [1.807, 2.05) is 0 Å². The van der Waals surface area contributed by atoms with E-state index >= 15 is 0 Å². The van der Waals surface area contributed by atoms with Gasteiger partial charge in [-0.15, -0.1) is 0 Å². The standard InChI is InChI=1S/C7H11NO5/c1-7(5(9)10)4-8(6(11)12)2-3-13-7/h2-4H2,1H3,(H,9,10)(H,11,12). The number of rotatable bonds is 1. The lowest BCUT2D eigenvalue weighted by atomic mass is 10.1. The highest BCUT2D eigenvalue weighted by molar-refractivity contribution is 5.78. The molecule has 74 valence electrons. The predicted octanol–water partition coefficient (Wildman–Crippen LogP) is -0.160. The van der Waals surface area contributed by atoms with E-state index in [0.29, 0.717) is 0 Å². The van der Waals surface area contributed by atoms with Gasteiger partial charge in [0.2, 0.25) is 0 Å². The molecule has 0 radical (unpaired) electrons. The fourth-order valence-corrected chi connectivity index (χ4v) is 1.16. The third-order valence-electron chi connectivity index (χ3n) is 2.00. The van der Waals surface area contributed by atoms with E-state index in [1.165, 1.54) is 6.92 Å². The van der Waals surface area contributed by atoms with Crippen LogP contribution in [0.5, 0.6) is 0 Å². The quantitative estimate of drug-likeness (QED) is 0.598. The SMILES string of the molecule is CC1(C(=O)O)CN(C(=O)O)CCO1. The molecule has 0 bridgehead atoms. The molecule has 0 aromatic carbocycles. The average molecular weight is 189 g/mol. The minimum atomic E-state index is -1.41. The van der Waals surface area contributed by atoms with Crippen molar-refractivity contribution in [2.45, 2.75) is 12.5 Å². The molecule has 0 aromatic heterocycles. The van der Waals surface area contributed by atoms with Gasteiger partial charge in [-0.25, -0.2) is 9.59 Å². The van der Waals surface area contributed by atoms with Crippen molar-refractivity contribution in [3.8, 4) is 0 Å². The zero-order valence-corrected chi connectivity index (χ0v) is 7.19. The summed E-state index contributed by atoms with van der Waals surface area (Å²) < 4.78 is 5.00. The van der Waals surface area contributed by atoms with Gasteiger partial charge in [-0.3, -0.25) is 0 Å². The van der Waals surface area contributed by atoms with Crippen LogP contribution in [0.4, 0.5) is 4.79 Å². The molecule has 1 amide bonds. The molecule has 0 aliphatic carbocycles. The molecule has 0 aromatic rings. The highest BCUT2D eigenvalue weighted by atomic mass is 16.5. The van der Waals surface area contributed by atoms with Gasteiger partial charge in [-0.1, -0.05) is 0 Å². The fourth-order valence-electron chi connectivity index (χ4n) is 1.16. The van der Waals surface area contributed by atoms with Crippen molar-refractivity contribution >= 4 is 12.1 Å². The van der Waals surface area contributed by atoms with E-state index in [2.05, 4.69) is 0 Å². The largest absolute Gasteiger partial charge is 0.479 e. The van der Waals surface area contributed by atoms with Crippen molar-refractivity contribution in [3.63, 3.8) is 0 Å². The van der Waals surface area contributed by atoms with Crippen molar-refractivity contribution < 1.29 is 24.5 Å². The van der Waals surface area contributed by atoms with E-state index in [-0.39, 0.29) is 19.7 Å². The summed E-state index contributed by atoms with van der Waals surface area (Å²) >= 11 is 0. The van der Waals surface area contributed by atoms with Gasteiger partial charge >= 0.3 is 12.1 Å². The van der Waals surface area contributed by atoms with Crippen LogP contribution >= 0.6 is 0 Å². The number of amides is 1. The summed E-state index contributed by atoms with van der Waals surface area (Å²) in [5, 5.41) is 17.4. The molecule has 0 saturated carbocycles. The molecule has 13 heavy (non-hydrogen) atoms. The highest BCUT2D eigenvalue weighted by Crippen LogP contribution is 2.17. The number of carbonyl (C=O) groups is 2. The van der Waals surface area contributed by atoms with Crippen molar-refractivity contribution in [2.75, 3.05) is 19.7 Å². The molecule has 1 rings (SSSR count). The molecule has 2 N–H and O–H groups in total.